The van der Waals surface area contributed by atoms with Gasteiger partial charge >= 0.3 is 12.1 Å². The van der Waals surface area contributed by atoms with Crippen LogP contribution in [0.2, 0.25) is 0 Å². The number of pyridine rings is 1. The van der Waals surface area contributed by atoms with E-state index in [1.165, 1.54) is 0 Å². The quantitative estimate of drug-likeness (QED) is 0.0883. The number of nitrogens with two attached hydrogens (primary N) is 2. The number of aromatic nitrogens is 3. The molecule has 5 amide bonds. The lowest BCUT2D eigenvalue weighted by Crippen LogP contribution is -2.51. The molecule has 3 aromatic rings. The summed E-state index contributed by atoms with van der Waals surface area (Å²) in [5, 5.41) is 11.7. The summed E-state index contributed by atoms with van der Waals surface area (Å²) in [5.74, 6) is -0.347. The van der Waals surface area contributed by atoms with E-state index in [-0.39, 0.29) is 44.5 Å². The van der Waals surface area contributed by atoms with Crippen LogP contribution in [0.5, 0.6) is 0 Å². The van der Waals surface area contributed by atoms with E-state index in [4.69, 9.17) is 35.6 Å². The highest BCUT2D eigenvalue weighted by atomic mass is 16.5. The molecule has 1 aromatic carbocycles. The summed E-state index contributed by atoms with van der Waals surface area (Å²) >= 11 is 0. The third kappa shape index (κ3) is 12.3. The molecule has 2 atom stereocenters. The molecule has 0 fully saturated rings. The topological polar surface area (TPSA) is 227 Å². The predicted octanol–water partition coefficient (Wildman–Crippen LogP) is 3.30. The number of para-hydroxylation sites is 1. The first-order valence-electron chi connectivity index (χ1n) is 17.6. The molecule has 0 aliphatic carbocycles. The van der Waals surface area contributed by atoms with Gasteiger partial charge in [-0.25, -0.2) is 19.6 Å². The molecule has 2 heterocycles. The molecule has 0 spiro atoms. The van der Waals surface area contributed by atoms with Gasteiger partial charge in [-0.05, 0) is 52.0 Å². The monoisotopic (exact) mass is 713 g/mol. The van der Waals surface area contributed by atoms with E-state index >= 15 is 0 Å². The van der Waals surface area contributed by atoms with E-state index in [0.717, 1.165) is 18.2 Å². The molecular weight excluding hydrogens is 658 g/mol. The number of primary amides is 1. The first kappa shape index (κ1) is 40.9. The summed E-state index contributed by atoms with van der Waals surface area (Å²) in [4.78, 5) is 59.7. The minimum atomic E-state index is -0.991. The van der Waals surface area contributed by atoms with E-state index in [9.17, 15) is 19.2 Å². The molecule has 2 aromatic heterocycles. The van der Waals surface area contributed by atoms with Gasteiger partial charge in [0.15, 0.2) is 5.82 Å². The van der Waals surface area contributed by atoms with Crippen LogP contribution in [0.4, 0.5) is 15.4 Å². The number of nitrogens with one attached hydrogen (secondary N) is 4. The summed E-state index contributed by atoms with van der Waals surface area (Å²) in [5.41, 5.74) is 12.3. The normalized spacial score (nSPS) is 12.9. The Morgan fingerprint density at radius 2 is 1.73 bits per heavy atom. The van der Waals surface area contributed by atoms with Gasteiger partial charge in [0.2, 0.25) is 11.8 Å². The zero-order valence-corrected chi connectivity index (χ0v) is 30.7. The number of alkyl carbamates (subject to hydrolysis) is 1. The Balaban J connectivity index is 1.95. The third-order valence-electron chi connectivity index (χ3n) is 8.10. The molecule has 0 bridgehead atoms. The maximum Gasteiger partial charge on any atom is 0.407 e. The third-order valence-corrected chi connectivity index (χ3v) is 8.10. The maximum absolute atomic E-state index is 13.9. The van der Waals surface area contributed by atoms with Gasteiger partial charge in [0.25, 0.3) is 0 Å². The molecule has 0 saturated heterocycles. The Hall–Kier alpha value is -4.54. The molecule has 0 saturated carbocycles. The van der Waals surface area contributed by atoms with Gasteiger partial charge in [-0.1, -0.05) is 45.4 Å². The van der Waals surface area contributed by atoms with Gasteiger partial charge in [-0.3, -0.25) is 9.59 Å². The Morgan fingerprint density at radius 1 is 0.980 bits per heavy atom. The second-order valence-electron chi connectivity index (χ2n) is 13.2. The zero-order chi connectivity index (χ0) is 37.6. The number of anilines is 1. The second-order valence-corrected chi connectivity index (χ2v) is 13.2. The van der Waals surface area contributed by atoms with Crippen molar-refractivity contribution in [1.29, 1.82) is 0 Å². The molecular formula is C35H55N9O7. The largest absolute Gasteiger partial charge is 0.450 e. The second kappa shape index (κ2) is 19.7. The molecule has 0 unspecified atom stereocenters. The van der Waals surface area contributed by atoms with Crippen molar-refractivity contribution in [3.63, 3.8) is 0 Å². The van der Waals surface area contributed by atoms with Crippen LogP contribution in [0.15, 0.2) is 24.3 Å². The minimum absolute atomic E-state index is 0.156. The number of ether oxygens (including phenoxy) is 3. The highest BCUT2D eigenvalue weighted by molar-refractivity contribution is 6.10. The standard InChI is InChI=1S/C35H55N9O7/c1-7-9-18-50-34(48)39-17-19-51-35(5,6)21-44-26(20-49-8-2)42-28-29(44)23-13-10-11-14-24(23)40-30(28)43-31(45)25(15-12-16-38-33(37)47)41-32(46)27(36)22(3)4/h10-11,13-14,22,25,27H,7-9,12,15-21,36H2,1-6H3,(H,39,48)(H,41,46)(H3,37,38,47)(H,40,43,45)/t25-,27-/m0/s1. The van der Waals surface area contributed by atoms with E-state index in [0.29, 0.717) is 48.6 Å². The van der Waals surface area contributed by atoms with Gasteiger partial charge in [0.1, 0.15) is 24.0 Å². The molecule has 0 aliphatic heterocycles. The van der Waals surface area contributed by atoms with Crippen LogP contribution < -0.4 is 32.7 Å². The number of hydrogen-bond acceptors (Lipinski definition) is 10. The molecule has 16 heteroatoms. The molecule has 0 aliphatic rings. The SMILES string of the molecule is CCCCOC(=O)NCCOC(C)(C)Cn1c(COCC)nc2c(NC(=O)[C@H](CCCNC(N)=O)NC(=O)[C@@H](N)C(C)C)nc3ccccc3c21. The average Bonchev–Trinajstić information content (AvgIpc) is 3.44. The molecule has 8 N–H and O–H groups in total. The fourth-order valence-electron chi connectivity index (χ4n) is 5.27. The van der Waals surface area contributed by atoms with Gasteiger partial charge in [-0.2, -0.15) is 0 Å². The predicted molar refractivity (Wildman–Crippen MR) is 195 cm³/mol. The Morgan fingerprint density at radius 3 is 2.41 bits per heavy atom. The number of nitrogens with zero attached hydrogens (tertiary/aromatic N) is 3. The number of benzene rings is 1. The lowest BCUT2D eigenvalue weighted by molar-refractivity contribution is -0.128. The number of urea groups is 1. The van der Waals surface area contributed by atoms with Crippen molar-refractivity contribution >= 4 is 51.7 Å². The number of unbranched alkanes of at least 4 members (excludes halogenated alkanes) is 1. The van der Waals surface area contributed by atoms with Gasteiger partial charge in [0, 0.05) is 25.1 Å². The lowest BCUT2D eigenvalue weighted by Gasteiger charge is -2.27. The average molecular weight is 714 g/mol. The summed E-state index contributed by atoms with van der Waals surface area (Å²) in [6.07, 6.45) is 1.80. The number of rotatable bonds is 21. The fraction of sp³-hybridized carbons (Fsp3) is 0.600. The number of amides is 5. The number of carbonyl (C=O) groups is 4. The Bertz CT molecular complexity index is 1630. The Labute approximate surface area is 299 Å². The van der Waals surface area contributed by atoms with Crippen LogP contribution in [0, 0.1) is 5.92 Å². The zero-order valence-electron chi connectivity index (χ0n) is 30.7. The highest BCUT2D eigenvalue weighted by Gasteiger charge is 2.29. The number of imidazole rings is 1. The van der Waals surface area contributed by atoms with E-state index < -0.39 is 41.6 Å². The van der Waals surface area contributed by atoms with E-state index in [2.05, 4.69) is 21.3 Å². The Kier molecular flexibility index (Phi) is 15.8. The summed E-state index contributed by atoms with van der Waals surface area (Å²) in [6.45, 7) is 13.5. The summed E-state index contributed by atoms with van der Waals surface area (Å²) in [7, 11) is 0. The molecule has 51 heavy (non-hydrogen) atoms. The first-order valence-corrected chi connectivity index (χ1v) is 17.6. The number of fused-ring (bicyclic) bond motifs is 3. The van der Waals surface area contributed by atoms with Gasteiger partial charge < -0.3 is 51.5 Å². The molecule has 0 radical (unpaired) electrons. The minimum Gasteiger partial charge on any atom is -0.450 e. The smallest absolute Gasteiger partial charge is 0.407 e. The van der Waals surface area contributed by atoms with Crippen LogP contribution in [-0.2, 0) is 37.0 Å². The highest BCUT2D eigenvalue weighted by Crippen LogP contribution is 2.32. The van der Waals surface area contributed by atoms with E-state index in [1.54, 1.807) is 0 Å². The summed E-state index contributed by atoms with van der Waals surface area (Å²) < 4.78 is 19.2. The van der Waals surface area contributed by atoms with Crippen LogP contribution >= 0.6 is 0 Å². The van der Waals surface area contributed by atoms with Crippen molar-refractivity contribution in [2.45, 2.75) is 98.1 Å². The van der Waals surface area contributed by atoms with Crippen LogP contribution in [0.25, 0.3) is 21.9 Å². The summed E-state index contributed by atoms with van der Waals surface area (Å²) in [6, 6.07) is 5.02. The van der Waals surface area contributed by atoms with Crippen molar-refractivity contribution in [3.05, 3.63) is 30.1 Å². The number of carbonyl (C=O) groups excluding carboxylic acids is 4. The van der Waals surface area contributed by atoms with Crippen LogP contribution in [-0.4, -0.2) is 89.1 Å². The molecule has 3 rings (SSSR count). The first-order chi connectivity index (χ1) is 24.3. The van der Waals surface area contributed by atoms with Crippen molar-refractivity contribution in [1.82, 2.24) is 30.5 Å². The maximum atomic E-state index is 13.9. The van der Waals surface area contributed by atoms with Crippen molar-refractivity contribution in [2.24, 2.45) is 17.4 Å². The van der Waals surface area contributed by atoms with Crippen LogP contribution in [0.1, 0.15) is 73.1 Å². The number of hydrogen-bond donors (Lipinski definition) is 6. The van der Waals surface area contributed by atoms with Crippen molar-refractivity contribution < 1.29 is 33.4 Å². The molecule has 16 nitrogen and oxygen atoms in total. The van der Waals surface area contributed by atoms with E-state index in [1.807, 2.05) is 70.4 Å². The van der Waals surface area contributed by atoms with Crippen LogP contribution in [0.3, 0.4) is 0 Å². The molecule has 282 valence electrons. The van der Waals surface area contributed by atoms with Gasteiger partial charge in [0.05, 0.1) is 42.4 Å². The lowest BCUT2D eigenvalue weighted by atomic mass is 10.0. The fourth-order valence-corrected chi connectivity index (χ4v) is 5.27. The van der Waals surface area contributed by atoms with Gasteiger partial charge in [-0.15, -0.1) is 0 Å². The van der Waals surface area contributed by atoms with Crippen molar-refractivity contribution in [3.8, 4) is 0 Å². The van der Waals surface area contributed by atoms with Crippen molar-refractivity contribution in [2.75, 3.05) is 38.2 Å².